The van der Waals surface area contributed by atoms with Crippen LogP contribution in [-0.4, -0.2) is 64.6 Å². The lowest BCUT2D eigenvalue weighted by Gasteiger charge is -2.37. The second-order valence-corrected chi connectivity index (χ2v) is 7.61. The third-order valence-corrected chi connectivity index (χ3v) is 5.77. The van der Waals surface area contributed by atoms with Crippen molar-refractivity contribution in [2.24, 2.45) is 4.99 Å². The van der Waals surface area contributed by atoms with Gasteiger partial charge in [0.1, 0.15) is 12.2 Å². The summed E-state index contributed by atoms with van der Waals surface area (Å²) in [7, 11) is 1.81. The van der Waals surface area contributed by atoms with Crippen LogP contribution in [0.2, 0.25) is 0 Å². The highest BCUT2D eigenvalue weighted by Crippen LogP contribution is 2.34. The lowest BCUT2D eigenvalue weighted by molar-refractivity contribution is 0.0782. The first-order valence-corrected chi connectivity index (χ1v) is 9.74. The zero-order valence-corrected chi connectivity index (χ0v) is 18.6. The van der Waals surface area contributed by atoms with Crippen molar-refractivity contribution in [3.8, 4) is 0 Å². The summed E-state index contributed by atoms with van der Waals surface area (Å²) in [5.74, 6) is 2.99. The number of aryl methyl sites for hydroxylation is 1. The van der Waals surface area contributed by atoms with Gasteiger partial charge in [-0.05, 0) is 18.6 Å². The Labute approximate surface area is 172 Å². The summed E-state index contributed by atoms with van der Waals surface area (Å²) >= 11 is 2.03. The molecule has 1 fully saturated rings. The summed E-state index contributed by atoms with van der Waals surface area (Å²) in [5, 5.41) is 14.9. The number of aliphatic imine (C=N–C) groups is 1. The van der Waals surface area contributed by atoms with Gasteiger partial charge in [0.2, 0.25) is 0 Å². The van der Waals surface area contributed by atoms with E-state index in [4.69, 9.17) is 4.74 Å². The van der Waals surface area contributed by atoms with Gasteiger partial charge in [-0.2, -0.15) is 11.8 Å². The van der Waals surface area contributed by atoms with Crippen molar-refractivity contribution < 1.29 is 4.74 Å². The molecule has 0 bridgehead atoms. The molecule has 0 aromatic carbocycles. The third-order valence-electron chi connectivity index (χ3n) is 4.31. The number of nitrogens with zero attached hydrogens (tertiary/aromatic N) is 4. The molecule has 2 heterocycles. The Morgan fingerprint density at radius 3 is 2.76 bits per heavy atom. The van der Waals surface area contributed by atoms with Crippen molar-refractivity contribution in [1.29, 1.82) is 0 Å². The fraction of sp³-hybridized carbons (Fsp3) is 0.812. The average Bonchev–Trinajstić information content (AvgIpc) is 3.06. The Morgan fingerprint density at radius 2 is 2.12 bits per heavy atom. The number of thioether (sulfide) groups is 1. The van der Waals surface area contributed by atoms with Crippen molar-refractivity contribution in [2.45, 2.75) is 44.4 Å². The molecule has 2 N–H and O–H groups in total. The molecule has 1 saturated heterocycles. The van der Waals surface area contributed by atoms with Crippen molar-refractivity contribution in [1.82, 2.24) is 25.4 Å². The standard InChI is InChI=1S/C16H30N6OS.HI/c1-4-14-21-20-13-22(14)9-8-18-15(17-3)19-12-16(24-5-2)6-10-23-11-7-16;/h13H,4-12H2,1-3H3,(H2,17,18,19);1H. The normalized spacial score (nSPS) is 17.0. The van der Waals surface area contributed by atoms with Gasteiger partial charge >= 0.3 is 0 Å². The van der Waals surface area contributed by atoms with Gasteiger partial charge in [-0.3, -0.25) is 4.99 Å². The highest BCUT2D eigenvalue weighted by molar-refractivity contribution is 14.0. The van der Waals surface area contributed by atoms with E-state index in [0.717, 1.165) is 69.6 Å². The lowest BCUT2D eigenvalue weighted by atomic mass is 9.99. The van der Waals surface area contributed by atoms with E-state index in [0.29, 0.717) is 0 Å². The van der Waals surface area contributed by atoms with Crippen molar-refractivity contribution in [3.63, 3.8) is 0 Å². The van der Waals surface area contributed by atoms with Crippen LogP contribution in [0.15, 0.2) is 11.3 Å². The molecule has 144 valence electrons. The maximum Gasteiger partial charge on any atom is 0.191 e. The molecule has 9 heteroatoms. The number of hydrogen-bond acceptors (Lipinski definition) is 5. The minimum Gasteiger partial charge on any atom is -0.381 e. The fourth-order valence-electron chi connectivity index (χ4n) is 2.92. The van der Waals surface area contributed by atoms with Crippen LogP contribution in [0.25, 0.3) is 0 Å². The van der Waals surface area contributed by atoms with Gasteiger partial charge in [0.25, 0.3) is 0 Å². The molecule has 1 aliphatic heterocycles. The fourth-order valence-corrected chi connectivity index (χ4v) is 4.16. The Hall–Kier alpha value is -0.550. The first-order chi connectivity index (χ1) is 11.7. The second kappa shape index (κ2) is 11.9. The van der Waals surface area contributed by atoms with Gasteiger partial charge in [-0.1, -0.05) is 13.8 Å². The predicted octanol–water partition coefficient (Wildman–Crippen LogP) is 1.93. The lowest BCUT2D eigenvalue weighted by Crippen LogP contribution is -2.48. The molecule has 7 nitrogen and oxygen atoms in total. The highest BCUT2D eigenvalue weighted by Gasteiger charge is 2.32. The van der Waals surface area contributed by atoms with Crippen LogP contribution in [0, 0.1) is 0 Å². The summed E-state index contributed by atoms with van der Waals surface area (Å²) in [4.78, 5) is 4.34. The molecule has 1 aromatic heterocycles. The molecule has 0 aliphatic carbocycles. The number of nitrogens with one attached hydrogen (secondary N) is 2. The third kappa shape index (κ3) is 6.93. The first kappa shape index (κ1) is 22.5. The number of ether oxygens (including phenoxy) is 1. The van der Waals surface area contributed by atoms with Gasteiger partial charge in [-0.25, -0.2) is 0 Å². The van der Waals surface area contributed by atoms with Gasteiger partial charge in [-0.15, -0.1) is 34.2 Å². The Balaban J connectivity index is 0.00000312. The van der Waals surface area contributed by atoms with E-state index >= 15 is 0 Å². The molecule has 0 saturated carbocycles. The molecule has 1 aliphatic rings. The summed E-state index contributed by atoms with van der Waals surface area (Å²) in [6.07, 6.45) is 4.86. The Bertz CT molecular complexity index is 513. The van der Waals surface area contributed by atoms with E-state index < -0.39 is 0 Å². The maximum atomic E-state index is 5.53. The summed E-state index contributed by atoms with van der Waals surface area (Å²) in [6.45, 7) is 8.57. The van der Waals surface area contributed by atoms with Gasteiger partial charge in [0.05, 0.1) is 0 Å². The minimum absolute atomic E-state index is 0. The average molecular weight is 482 g/mol. The molecule has 0 amide bonds. The number of aromatic nitrogens is 3. The van der Waals surface area contributed by atoms with Crippen LogP contribution in [0.4, 0.5) is 0 Å². The van der Waals surface area contributed by atoms with Crippen LogP contribution in [0.1, 0.15) is 32.5 Å². The zero-order chi connectivity index (χ0) is 17.3. The second-order valence-electron chi connectivity index (χ2n) is 5.88. The van der Waals surface area contributed by atoms with E-state index in [2.05, 4.69) is 44.2 Å². The van der Waals surface area contributed by atoms with Gasteiger partial charge < -0.3 is 19.9 Å². The highest BCUT2D eigenvalue weighted by atomic mass is 127. The molecule has 1 aromatic rings. The summed E-state index contributed by atoms with van der Waals surface area (Å²) in [6, 6.07) is 0. The van der Waals surface area contributed by atoms with Gasteiger partial charge in [0, 0.05) is 51.1 Å². The SMILES string of the molecule is CCSC1(CNC(=NC)NCCn2cnnc2CC)CCOCC1.I. The van der Waals surface area contributed by atoms with Crippen LogP contribution in [0.5, 0.6) is 0 Å². The smallest absolute Gasteiger partial charge is 0.191 e. The number of rotatable bonds is 8. The Kier molecular flexibility index (Phi) is 10.7. The van der Waals surface area contributed by atoms with Crippen molar-refractivity contribution in [3.05, 3.63) is 12.2 Å². The summed E-state index contributed by atoms with van der Waals surface area (Å²) < 4.78 is 7.87. The zero-order valence-electron chi connectivity index (χ0n) is 15.5. The first-order valence-electron chi connectivity index (χ1n) is 8.76. The van der Waals surface area contributed by atoms with Crippen LogP contribution in [0.3, 0.4) is 0 Å². The quantitative estimate of drug-likeness (QED) is 0.335. The molecule has 0 atom stereocenters. The van der Waals surface area contributed by atoms with E-state index in [-0.39, 0.29) is 28.7 Å². The molecule has 25 heavy (non-hydrogen) atoms. The molecule has 0 spiro atoms. The largest absolute Gasteiger partial charge is 0.381 e. The van der Waals surface area contributed by atoms with E-state index in [1.807, 2.05) is 18.8 Å². The molecular weight excluding hydrogens is 451 g/mol. The maximum absolute atomic E-state index is 5.53. The van der Waals surface area contributed by atoms with Gasteiger partial charge in [0.15, 0.2) is 5.96 Å². The van der Waals surface area contributed by atoms with E-state index in [1.54, 1.807) is 6.33 Å². The number of guanidine groups is 1. The van der Waals surface area contributed by atoms with Crippen LogP contribution >= 0.6 is 35.7 Å². The topological polar surface area (TPSA) is 76.4 Å². The van der Waals surface area contributed by atoms with Crippen LogP contribution < -0.4 is 10.6 Å². The van der Waals surface area contributed by atoms with E-state index in [9.17, 15) is 0 Å². The minimum atomic E-state index is 0. The summed E-state index contributed by atoms with van der Waals surface area (Å²) in [5.41, 5.74) is 0. The molecule has 0 radical (unpaired) electrons. The molecule has 2 rings (SSSR count). The van der Waals surface area contributed by atoms with Crippen molar-refractivity contribution >= 4 is 41.7 Å². The molecule has 0 unspecified atom stereocenters. The Morgan fingerprint density at radius 1 is 1.36 bits per heavy atom. The van der Waals surface area contributed by atoms with Crippen molar-refractivity contribution in [2.75, 3.05) is 39.1 Å². The predicted molar refractivity (Wildman–Crippen MR) is 115 cm³/mol. The number of halogens is 1. The monoisotopic (exact) mass is 482 g/mol. The number of hydrogen-bond donors (Lipinski definition) is 2. The van der Waals surface area contributed by atoms with E-state index in [1.165, 1.54) is 0 Å². The van der Waals surface area contributed by atoms with Crippen LogP contribution in [-0.2, 0) is 17.7 Å². The molecular formula is C16H31IN6OS.